The highest BCUT2D eigenvalue weighted by Crippen LogP contribution is 2.41. The summed E-state index contributed by atoms with van der Waals surface area (Å²) in [7, 11) is 2.06. The monoisotopic (exact) mass is 275 g/mol. The Kier molecular flexibility index (Phi) is 5.47. The van der Waals surface area contributed by atoms with Gasteiger partial charge in [-0.15, -0.1) is 0 Å². The van der Waals surface area contributed by atoms with Gasteiger partial charge in [0.05, 0.1) is 6.10 Å². The van der Waals surface area contributed by atoms with Gasteiger partial charge in [0.25, 0.3) is 0 Å². The molecule has 1 aromatic rings. The van der Waals surface area contributed by atoms with Gasteiger partial charge in [0.15, 0.2) is 0 Å². The van der Waals surface area contributed by atoms with Crippen molar-refractivity contribution in [3.63, 3.8) is 0 Å². The molecule has 0 spiro atoms. The van der Waals surface area contributed by atoms with Crippen LogP contribution in [0.2, 0.25) is 0 Å². The van der Waals surface area contributed by atoms with E-state index in [1.807, 2.05) is 0 Å². The smallest absolute Gasteiger partial charge is 0.119 e. The average Bonchev–Trinajstić information content (AvgIpc) is 2.40. The van der Waals surface area contributed by atoms with Crippen molar-refractivity contribution < 1.29 is 4.74 Å². The Labute approximate surface area is 123 Å². The molecule has 20 heavy (non-hydrogen) atoms. The zero-order chi connectivity index (χ0) is 14.5. The highest BCUT2D eigenvalue weighted by molar-refractivity contribution is 5.32. The van der Waals surface area contributed by atoms with Crippen LogP contribution in [0.15, 0.2) is 24.3 Å². The summed E-state index contributed by atoms with van der Waals surface area (Å²) < 4.78 is 5.85. The van der Waals surface area contributed by atoms with Crippen LogP contribution in [-0.4, -0.2) is 19.7 Å². The Bertz CT molecular complexity index is 416. The molecule has 1 saturated carbocycles. The first-order chi connectivity index (χ1) is 9.60. The standard InChI is InChI=1S/C18H29NO/c1-13(2)20-17-7-5-6-15(11-17)18-10-14(3)8-9-16(18)12-19-4/h5-7,11,13-14,16,18-19H,8-10,12H2,1-4H3. The summed E-state index contributed by atoms with van der Waals surface area (Å²) in [6.07, 6.45) is 4.24. The highest BCUT2D eigenvalue weighted by Gasteiger charge is 2.29. The van der Waals surface area contributed by atoms with Crippen molar-refractivity contribution in [3.8, 4) is 5.75 Å². The molecule has 0 radical (unpaired) electrons. The molecule has 1 aromatic carbocycles. The van der Waals surface area contributed by atoms with Crippen LogP contribution < -0.4 is 10.1 Å². The zero-order valence-corrected chi connectivity index (χ0v) is 13.4. The quantitative estimate of drug-likeness (QED) is 0.869. The number of nitrogens with one attached hydrogen (secondary N) is 1. The fraction of sp³-hybridized carbons (Fsp3) is 0.667. The van der Waals surface area contributed by atoms with Crippen LogP contribution in [0.25, 0.3) is 0 Å². The molecule has 112 valence electrons. The first kappa shape index (κ1) is 15.4. The van der Waals surface area contributed by atoms with Crippen LogP contribution in [0.1, 0.15) is 51.5 Å². The lowest BCUT2D eigenvalue weighted by atomic mass is 9.71. The largest absolute Gasteiger partial charge is 0.491 e. The first-order valence-electron chi connectivity index (χ1n) is 8.01. The van der Waals surface area contributed by atoms with E-state index in [0.29, 0.717) is 5.92 Å². The molecule has 2 rings (SSSR count). The summed E-state index contributed by atoms with van der Waals surface area (Å²) in [6.45, 7) is 7.67. The maximum absolute atomic E-state index is 5.85. The van der Waals surface area contributed by atoms with Gasteiger partial charge < -0.3 is 10.1 Å². The summed E-state index contributed by atoms with van der Waals surface area (Å²) in [4.78, 5) is 0. The van der Waals surface area contributed by atoms with Crippen molar-refractivity contribution in [1.82, 2.24) is 5.32 Å². The number of hydrogen-bond donors (Lipinski definition) is 1. The highest BCUT2D eigenvalue weighted by atomic mass is 16.5. The van der Waals surface area contributed by atoms with Crippen molar-refractivity contribution in [2.24, 2.45) is 11.8 Å². The van der Waals surface area contributed by atoms with E-state index in [9.17, 15) is 0 Å². The van der Waals surface area contributed by atoms with Gasteiger partial charge in [-0.1, -0.05) is 25.5 Å². The van der Waals surface area contributed by atoms with E-state index in [1.54, 1.807) is 0 Å². The summed E-state index contributed by atoms with van der Waals surface area (Å²) in [5.74, 6) is 3.27. The third kappa shape index (κ3) is 3.99. The van der Waals surface area contributed by atoms with E-state index in [4.69, 9.17) is 4.74 Å². The molecule has 3 unspecified atom stereocenters. The molecular formula is C18H29NO. The molecule has 0 heterocycles. The number of ether oxygens (including phenoxy) is 1. The molecule has 1 fully saturated rings. The van der Waals surface area contributed by atoms with Crippen molar-refractivity contribution in [2.45, 2.75) is 52.1 Å². The van der Waals surface area contributed by atoms with Crippen molar-refractivity contribution in [2.75, 3.05) is 13.6 Å². The fourth-order valence-electron chi connectivity index (χ4n) is 3.45. The Morgan fingerprint density at radius 1 is 1.30 bits per heavy atom. The lowest BCUT2D eigenvalue weighted by Crippen LogP contribution is -2.30. The number of benzene rings is 1. The van der Waals surface area contributed by atoms with Gasteiger partial charge in [-0.3, -0.25) is 0 Å². The molecule has 1 N–H and O–H groups in total. The minimum atomic E-state index is 0.239. The third-order valence-electron chi connectivity index (χ3n) is 4.38. The number of hydrogen-bond acceptors (Lipinski definition) is 2. The van der Waals surface area contributed by atoms with Gasteiger partial charge in [0.2, 0.25) is 0 Å². The summed E-state index contributed by atoms with van der Waals surface area (Å²) in [5.41, 5.74) is 1.45. The molecule has 0 aliphatic heterocycles. The maximum Gasteiger partial charge on any atom is 0.119 e. The maximum atomic E-state index is 5.85. The molecule has 0 aromatic heterocycles. The van der Waals surface area contributed by atoms with Gasteiger partial charge >= 0.3 is 0 Å². The average molecular weight is 275 g/mol. The molecule has 0 amide bonds. The fourth-order valence-corrected chi connectivity index (χ4v) is 3.45. The van der Waals surface area contributed by atoms with Gasteiger partial charge in [-0.05, 0) is 75.7 Å². The van der Waals surface area contributed by atoms with Gasteiger partial charge in [-0.25, -0.2) is 0 Å². The van der Waals surface area contributed by atoms with E-state index in [0.717, 1.165) is 24.1 Å². The SMILES string of the molecule is CNCC1CCC(C)CC1c1cccc(OC(C)C)c1. The molecule has 1 aliphatic rings. The zero-order valence-electron chi connectivity index (χ0n) is 13.4. The van der Waals surface area contributed by atoms with E-state index in [-0.39, 0.29) is 6.10 Å². The Hall–Kier alpha value is -1.02. The summed E-state index contributed by atoms with van der Waals surface area (Å²) in [6, 6.07) is 8.75. The molecule has 3 atom stereocenters. The third-order valence-corrected chi connectivity index (χ3v) is 4.38. The van der Waals surface area contributed by atoms with Gasteiger partial charge in [-0.2, -0.15) is 0 Å². The molecular weight excluding hydrogens is 246 g/mol. The Balaban J connectivity index is 2.17. The van der Waals surface area contributed by atoms with Gasteiger partial charge in [0.1, 0.15) is 5.75 Å². The van der Waals surface area contributed by atoms with Crippen molar-refractivity contribution in [1.29, 1.82) is 0 Å². The van der Waals surface area contributed by atoms with Crippen molar-refractivity contribution in [3.05, 3.63) is 29.8 Å². The topological polar surface area (TPSA) is 21.3 Å². The van der Waals surface area contributed by atoms with Crippen LogP contribution in [-0.2, 0) is 0 Å². The van der Waals surface area contributed by atoms with Crippen molar-refractivity contribution >= 4 is 0 Å². The van der Waals surface area contributed by atoms with E-state index >= 15 is 0 Å². The molecule has 2 nitrogen and oxygen atoms in total. The molecule has 0 bridgehead atoms. The second kappa shape index (κ2) is 7.12. The van der Waals surface area contributed by atoms with E-state index < -0.39 is 0 Å². The Morgan fingerprint density at radius 3 is 2.80 bits per heavy atom. The van der Waals surface area contributed by atoms with Crippen LogP contribution in [0.3, 0.4) is 0 Å². The van der Waals surface area contributed by atoms with Crippen LogP contribution in [0.5, 0.6) is 5.75 Å². The summed E-state index contributed by atoms with van der Waals surface area (Å²) in [5, 5.41) is 3.37. The lowest BCUT2D eigenvalue weighted by molar-refractivity contribution is 0.235. The van der Waals surface area contributed by atoms with Crippen LogP contribution in [0.4, 0.5) is 0 Å². The molecule has 0 saturated heterocycles. The Morgan fingerprint density at radius 2 is 2.10 bits per heavy atom. The minimum absolute atomic E-state index is 0.239. The summed E-state index contributed by atoms with van der Waals surface area (Å²) >= 11 is 0. The van der Waals surface area contributed by atoms with Gasteiger partial charge in [0, 0.05) is 0 Å². The second-order valence-corrected chi connectivity index (χ2v) is 6.58. The van der Waals surface area contributed by atoms with Crippen LogP contribution >= 0.6 is 0 Å². The first-order valence-corrected chi connectivity index (χ1v) is 8.01. The minimum Gasteiger partial charge on any atom is -0.491 e. The predicted molar refractivity (Wildman–Crippen MR) is 85.4 cm³/mol. The molecule has 2 heteroatoms. The van der Waals surface area contributed by atoms with E-state index in [2.05, 4.69) is 57.4 Å². The molecule has 1 aliphatic carbocycles. The van der Waals surface area contributed by atoms with E-state index in [1.165, 1.54) is 24.8 Å². The normalized spacial score (nSPS) is 26.8. The lowest BCUT2D eigenvalue weighted by Gasteiger charge is -2.35. The predicted octanol–water partition coefficient (Wildman–Crippen LogP) is 4.21. The second-order valence-electron chi connectivity index (χ2n) is 6.58. The number of rotatable bonds is 5. The van der Waals surface area contributed by atoms with Crippen LogP contribution in [0, 0.1) is 11.8 Å².